The highest BCUT2D eigenvalue weighted by Crippen LogP contribution is 2.29. The summed E-state index contributed by atoms with van der Waals surface area (Å²) in [6.45, 7) is 3.71. The van der Waals surface area contributed by atoms with Gasteiger partial charge in [-0.1, -0.05) is 24.3 Å². The second kappa shape index (κ2) is 5.56. The molecule has 0 saturated carbocycles. The molecule has 2 rings (SSSR count). The van der Waals surface area contributed by atoms with Gasteiger partial charge in [0.2, 0.25) is 0 Å². The second-order valence-electron chi connectivity index (χ2n) is 4.56. The molecule has 1 amide bonds. The highest BCUT2D eigenvalue weighted by atomic mass is 16.4. The Hall–Kier alpha value is -2.63. The van der Waals surface area contributed by atoms with Crippen LogP contribution in [0.2, 0.25) is 0 Å². The van der Waals surface area contributed by atoms with Crippen molar-refractivity contribution in [1.82, 2.24) is 15.5 Å². The third-order valence-electron chi connectivity index (χ3n) is 3.05. The zero-order chi connectivity index (χ0) is 14.7. The number of carboxylic acid groups (broad SMARTS) is 1. The number of nitrogens with one attached hydrogen (secondary N) is 1. The smallest absolute Gasteiger partial charge is 0.405 e. The van der Waals surface area contributed by atoms with Gasteiger partial charge in [0, 0.05) is 11.1 Å². The molecule has 0 unspecified atom stereocenters. The van der Waals surface area contributed by atoms with Crippen LogP contribution < -0.4 is 11.1 Å². The van der Waals surface area contributed by atoms with E-state index in [0.29, 0.717) is 11.3 Å². The summed E-state index contributed by atoms with van der Waals surface area (Å²) in [4.78, 5) is 10.8. The van der Waals surface area contributed by atoms with Crippen molar-refractivity contribution in [3.05, 3.63) is 41.5 Å². The molecule has 4 N–H and O–H groups in total. The number of carbonyl (C=O) groups is 1. The number of benzene rings is 1. The molecule has 104 valence electrons. The number of rotatable bonds is 3. The number of nitrogens with two attached hydrogens (primary N) is 1. The number of anilines is 1. The van der Waals surface area contributed by atoms with Gasteiger partial charge in [0.15, 0.2) is 0 Å². The number of aryl methyl sites for hydroxylation is 1. The van der Waals surface area contributed by atoms with Crippen molar-refractivity contribution in [1.29, 1.82) is 0 Å². The zero-order valence-electron chi connectivity index (χ0n) is 11.3. The number of aromatic nitrogens is 2. The van der Waals surface area contributed by atoms with E-state index in [9.17, 15) is 4.79 Å². The van der Waals surface area contributed by atoms with E-state index in [-0.39, 0.29) is 5.82 Å². The Morgan fingerprint density at radius 3 is 2.70 bits per heavy atom. The minimum atomic E-state index is -1.09. The molecule has 0 fully saturated rings. The number of hydrogen-bond donors (Lipinski definition) is 3. The summed E-state index contributed by atoms with van der Waals surface area (Å²) in [6.07, 6.45) is -1.09. The van der Waals surface area contributed by atoms with E-state index >= 15 is 0 Å². The molecule has 0 aliphatic heterocycles. The molecule has 20 heavy (non-hydrogen) atoms. The lowest BCUT2D eigenvalue weighted by molar-refractivity contribution is 0.191. The van der Waals surface area contributed by atoms with Crippen LogP contribution in [0.5, 0.6) is 0 Å². The van der Waals surface area contributed by atoms with Gasteiger partial charge in [0.1, 0.15) is 5.82 Å². The Morgan fingerprint density at radius 2 is 2.05 bits per heavy atom. The predicted octanol–water partition coefficient (Wildman–Crippen LogP) is 2.36. The summed E-state index contributed by atoms with van der Waals surface area (Å²) in [5.74, 6) is 0.261. The maximum Gasteiger partial charge on any atom is 0.405 e. The normalized spacial score (nSPS) is 11.9. The van der Waals surface area contributed by atoms with Gasteiger partial charge in [-0.05, 0) is 25.5 Å². The van der Waals surface area contributed by atoms with Crippen LogP contribution in [-0.2, 0) is 0 Å². The van der Waals surface area contributed by atoms with Crippen LogP contribution in [0, 0.1) is 6.92 Å². The molecule has 0 spiro atoms. The van der Waals surface area contributed by atoms with E-state index in [2.05, 4.69) is 15.5 Å². The fraction of sp³-hybridized carbons (Fsp3) is 0.214. The van der Waals surface area contributed by atoms with Gasteiger partial charge in [-0.3, -0.25) is 0 Å². The molecule has 0 radical (unpaired) electrons. The SMILES string of the molecule is Cc1ccccc1-c1nnc(N)cc1[C@H](C)NC(=O)O. The molecule has 1 aromatic carbocycles. The van der Waals surface area contributed by atoms with Crippen molar-refractivity contribution in [2.75, 3.05) is 5.73 Å². The Morgan fingerprint density at radius 1 is 1.35 bits per heavy atom. The minimum absolute atomic E-state index is 0.261. The van der Waals surface area contributed by atoms with Crippen molar-refractivity contribution in [2.45, 2.75) is 19.9 Å². The summed E-state index contributed by atoms with van der Waals surface area (Å²) in [5.41, 5.74) is 8.95. The van der Waals surface area contributed by atoms with Crippen LogP contribution in [0.1, 0.15) is 24.1 Å². The Bertz CT molecular complexity index is 643. The van der Waals surface area contributed by atoms with Gasteiger partial charge >= 0.3 is 6.09 Å². The summed E-state index contributed by atoms with van der Waals surface area (Å²) < 4.78 is 0. The zero-order valence-corrected chi connectivity index (χ0v) is 11.3. The van der Waals surface area contributed by atoms with E-state index in [1.165, 1.54) is 0 Å². The molecule has 2 aromatic rings. The highest BCUT2D eigenvalue weighted by molar-refractivity contribution is 5.70. The molecule has 6 nitrogen and oxygen atoms in total. The summed E-state index contributed by atoms with van der Waals surface area (Å²) in [5, 5.41) is 19.3. The number of nitrogen functional groups attached to an aromatic ring is 1. The lowest BCUT2D eigenvalue weighted by Crippen LogP contribution is -2.25. The van der Waals surface area contributed by atoms with Crippen LogP contribution in [-0.4, -0.2) is 21.4 Å². The van der Waals surface area contributed by atoms with Crippen molar-refractivity contribution < 1.29 is 9.90 Å². The fourth-order valence-electron chi connectivity index (χ4n) is 2.06. The van der Waals surface area contributed by atoms with Gasteiger partial charge in [-0.25, -0.2) is 4.79 Å². The van der Waals surface area contributed by atoms with E-state index in [1.54, 1.807) is 13.0 Å². The van der Waals surface area contributed by atoms with Crippen LogP contribution in [0.4, 0.5) is 10.6 Å². The lowest BCUT2D eigenvalue weighted by atomic mass is 9.98. The van der Waals surface area contributed by atoms with Crippen molar-refractivity contribution in [3.8, 4) is 11.3 Å². The quantitative estimate of drug-likeness (QED) is 0.796. The first-order chi connectivity index (χ1) is 9.49. The van der Waals surface area contributed by atoms with Gasteiger partial charge in [0.05, 0.1) is 11.7 Å². The monoisotopic (exact) mass is 272 g/mol. The number of nitrogens with zero attached hydrogens (tertiary/aromatic N) is 2. The van der Waals surface area contributed by atoms with E-state index in [4.69, 9.17) is 10.8 Å². The Kier molecular flexibility index (Phi) is 3.84. The highest BCUT2D eigenvalue weighted by Gasteiger charge is 2.17. The van der Waals surface area contributed by atoms with E-state index in [1.807, 2.05) is 31.2 Å². The average Bonchev–Trinajstić information content (AvgIpc) is 2.39. The largest absolute Gasteiger partial charge is 0.465 e. The molecular formula is C14H16N4O2. The molecule has 0 bridgehead atoms. The van der Waals surface area contributed by atoms with Gasteiger partial charge in [-0.2, -0.15) is 0 Å². The molecule has 0 saturated heterocycles. The van der Waals surface area contributed by atoms with Gasteiger partial charge < -0.3 is 16.2 Å². The van der Waals surface area contributed by atoms with Crippen LogP contribution in [0.15, 0.2) is 30.3 Å². The summed E-state index contributed by atoms with van der Waals surface area (Å²) in [7, 11) is 0. The van der Waals surface area contributed by atoms with Crippen LogP contribution >= 0.6 is 0 Å². The molecule has 1 heterocycles. The molecule has 6 heteroatoms. The van der Waals surface area contributed by atoms with Gasteiger partial charge in [-0.15, -0.1) is 10.2 Å². The van der Waals surface area contributed by atoms with Crippen molar-refractivity contribution in [2.24, 2.45) is 0 Å². The first-order valence-corrected chi connectivity index (χ1v) is 6.17. The molecule has 0 aliphatic carbocycles. The second-order valence-corrected chi connectivity index (χ2v) is 4.56. The van der Waals surface area contributed by atoms with Crippen molar-refractivity contribution >= 4 is 11.9 Å². The lowest BCUT2D eigenvalue weighted by Gasteiger charge is -2.16. The topological polar surface area (TPSA) is 101 Å². The summed E-state index contributed by atoms with van der Waals surface area (Å²) >= 11 is 0. The minimum Gasteiger partial charge on any atom is -0.465 e. The average molecular weight is 272 g/mol. The third-order valence-corrected chi connectivity index (χ3v) is 3.05. The first kappa shape index (κ1) is 13.8. The summed E-state index contributed by atoms with van der Waals surface area (Å²) in [6, 6.07) is 8.94. The fourth-order valence-corrected chi connectivity index (χ4v) is 2.06. The van der Waals surface area contributed by atoms with E-state index in [0.717, 1.165) is 11.1 Å². The maximum absolute atomic E-state index is 10.8. The van der Waals surface area contributed by atoms with Crippen molar-refractivity contribution in [3.63, 3.8) is 0 Å². The Balaban J connectivity index is 2.54. The first-order valence-electron chi connectivity index (χ1n) is 6.17. The van der Waals surface area contributed by atoms with Crippen LogP contribution in [0.3, 0.4) is 0 Å². The number of hydrogen-bond acceptors (Lipinski definition) is 4. The molecule has 1 atom stereocenters. The van der Waals surface area contributed by atoms with E-state index < -0.39 is 12.1 Å². The Labute approximate surface area is 116 Å². The molecule has 0 aliphatic rings. The standard InChI is InChI=1S/C14H16N4O2/c1-8-5-3-4-6-10(8)13-11(7-12(15)17-18-13)9(2)16-14(19)20/h3-7,9,16H,1-2H3,(H2,15,17)(H,19,20)/t9-/m0/s1. The third kappa shape index (κ3) is 2.85. The number of amides is 1. The van der Waals surface area contributed by atoms with Gasteiger partial charge in [0.25, 0.3) is 0 Å². The van der Waals surface area contributed by atoms with Crippen LogP contribution in [0.25, 0.3) is 11.3 Å². The molecule has 1 aromatic heterocycles. The maximum atomic E-state index is 10.8. The predicted molar refractivity (Wildman–Crippen MR) is 76.2 cm³/mol. The molecular weight excluding hydrogens is 256 g/mol.